The number of nitrogens with one attached hydrogen (secondary N) is 1. The van der Waals surface area contributed by atoms with Crippen LogP contribution in [0.2, 0.25) is 0 Å². The molecule has 4 heteroatoms. The number of thiazole rings is 1. The Balaban J connectivity index is 2.02. The van der Waals surface area contributed by atoms with Crippen LogP contribution in [0.5, 0.6) is 0 Å². The lowest BCUT2D eigenvalue weighted by Gasteiger charge is -2.17. The zero-order valence-corrected chi connectivity index (χ0v) is 14.2. The van der Waals surface area contributed by atoms with Crippen molar-refractivity contribution in [2.24, 2.45) is 0 Å². The van der Waals surface area contributed by atoms with Gasteiger partial charge in [-0.25, -0.2) is 4.98 Å². The van der Waals surface area contributed by atoms with Gasteiger partial charge in [-0.3, -0.25) is 0 Å². The number of aryl methyl sites for hydroxylation is 1. The maximum absolute atomic E-state index is 4.58. The van der Waals surface area contributed by atoms with Crippen molar-refractivity contribution in [3.05, 3.63) is 46.5 Å². The summed E-state index contributed by atoms with van der Waals surface area (Å²) in [5.74, 6) is 0. The van der Waals surface area contributed by atoms with Crippen LogP contribution in [0.1, 0.15) is 42.3 Å². The number of hydrogen-bond donors (Lipinski definition) is 1. The lowest BCUT2D eigenvalue weighted by atomic mass is 10.1. The van der Waals surface area contributed by atoms with Crippen LogP contribution in [0.15, 0.2) is 30.5 Å². The van der Waals surface area contributed by atoms with Gasteiger partial charge in [-0.15, -0.1) is 11.3 Å². The molecule has 0 amide bonds. The summed E-state index contributed by atoms with van der Waals surface area (Å²) in [6.45, 7) is 8.50. The van der Waals surface area contributed by atoms with Crippen LogP contribution in [0, 0.1) is 6.92 Å². The smallest absolute Gasteiger partial charge is 0.185 e. The molecule has 0 aliphatic heterocycles. The third-order valence-corrected chi connectivity index (χ3v) is 4.93. The van der Waals surface area contributed by atoms with Gasteiger partial charge in [0.15, 0.2) is 5.13 Å². The lowest BCUT2D eigenvalue weighted by Crippen LogP contribution is -2.18. The average molecular weight is 303 g/mol. The number of hydrogen-bond acceptors (Lipinski definition) is 4. The Morgan fingerprint density at radius 3 is 2.81 bits per heavy atom. The average Bonchev–Trinajstić information content (AvgIpc) is 2.97. The Morgan fingerprint density at radius 2 is 2.10 bits per heavy atom. The van der Waals surface area contributed by atoms with Gasteiger partial charge in [0.25, 0.3) is 0 Å². The summed E-state index contributed by atoms with van der Waals surface area (Å²) in [7, 11) is 2.11. The summed E-state index contributed by atoms with van der Waals surface area (Å²) in [6.07, 6.45) is 3.16. The van der Waals surface area contributed by atoms with Crippen molar-refractivity contribution in [2.45, 2.75) is 39.8 Å². The van der Waals surface area contributed by atoms with Gasteiger partial charge in [0, 0.05) is 30.7 Å². The van der Waals surface area contributed by atoms with Crippen molar-refractivity contribution in [3.63, 3.8) is 0 Å². The highest BCUT2D eigenvalue weighted by Crippen LogP contribution is 2.27. The van der Waals surface area contributed by atoms with Crippen LogP contribution in [0.25, 0.3) is 0 Å². The van der Waals surface area contributed by atoms with E-state index >= 15 is 0 Å². The molecule has 1 aromatic heterocycles. The van der Waals surface area contributed by atoms with Gasteiger partial charge in [-0.2, -0.15) is 0 Å². The van der Waals surface area contributed by atoms with E-state index in [-0.39, 0.29) is 0 Å². The van der Waals surface area contributed by atoms with E-state index in [9.17, 15) is 0 Å². The summed E-state index contributed by atoms with van der Waals surface area (Å²) < 4.78 is 0. The molecule has 2 rings (SSSR count). The fourth-order valence-corrected chi connectivity index (χ4v) is 3.13. The Bertz CT molecular complexity index is 565. The molecule has 1 atom stereocenters. The summed E-state index contributed by atoms with van der Waals surface area (Å²) in [4.78, 5) is 8.10. The van der Waals surface area contributed by atoms with Gasteiger partial charge >= 0.3 is 0 Å². The third-order valence-electron chi connectivity index (χ3n) is 3.63. The standard InChI is InChI=1S/C17H25N3S/c1-5-10-18-14(3)16-11-19-17(21-16)20(4)12-15-9-7-6-8-13(15)2/h6-9,11,14,18H,5,10,12H2,1-4H3. The first-order chi connectivity index (χ1) is 10.1. The lowest BCUT2D eigenvalue weighted by molar-refractivity contribution is 0.577. The molecule has 21 heavy (non-hydrogen) atoms. The first kappa shape index (κ1) is 16.0. The zero-order chi connectivity index (χ0) is 15.2. The van der Waals surface area contributed by atoms with E-state index in [0.29, 0.717) is 6.04 Å². The third kappa shape index (κ3) is 4.29. The van der Waals surface area contributed by atoms with Crippen molar-refractivity contribution in [2.75, 3.05) is 18.5 Å². The van der Waals surface area contributed by atoms with E-state index < -0.39 is 0 Å². The number of benzene rings is 1. The number of anilines is 1. The molecule has 0 spiro atoms. The maximum Gasteiger partial charge on any atom is 0.185 e. The highest BCUT2D eigenvalue weighted by molar-refractivity contribution is 7.15. The highest BCUT2D eigenvalue weighted by atomic mass is 32.1. The van der Waals surface area contributed by atoms with Crippen LogP contribution < -0.4 is 10.2 Å². The van der Waals surface area contributed by atoms with E-state index in [1.54, 1.807) is 11.3 Å². The highest BCUT2D eigenvalue weighted by Gasteiger charge is 2.12. The van der Waals surface area contributed by atoms with E-state index in [1.807, 2.05) is 6.20 Å². The normalized spacial score (nSPS) is 12.4. The molecular weight excluding hydrogens is 278 g/mol. The second-order valence-electron chi connectivity index (χ2n) is 5.50. The van der Waals surface area contributed by atoms with E-state index in [0.717, 1.165) is 24.6 Å². The molecular formula is C17H25N3S. The molecule has 3 nitrogen and oxygen atoms in total. The Hall–Kier alpha value is -1.39. The monoisotopic (exact) mass is 303 g/mol. The van der Waals surface area contributed by atoms with E-state index in [4.69, 9.17) is 0 Å². The summed E-state index contributed by atoms with van der Waals surface area (Å²) in [5, 5.41) is 4.59. The second-order valence-corrected chi connectivity index (χ2v) is 6.54. The van der Waals surface area contributed by atoms with Gasteiger partial charge in [-0.05, 0) is 37.9 Å². The minimum atomic E-state index is 0.378. The van der Waals surface area contributed by atoms with Gasteiger partial charge in [-0.1, -0.05) is 31.2 Å². The van der Waals surface area contributed by atoms with Crippen LogP contribution in [-0.2, 0) is 6.54 Å². The summed E-state index contributed by atoms with van der Waals surface area (Å²) in [5.41, 5.74) is 2.69. The molecule has 0 bridgehead atoms. The molecule has 2 aromatic rings. The molecule has 114 valence electrons. The Labute approximate surface area is 132 Å². The van der Waals surface area contributed by atoms with Gasteiger partial charge in [0.05, 0.1) is 0 Å². The van der Waals surface area contributed by atoms with Crippen LogP contribution in [-0.4, -0.2) is 18.6 Å². The first-order valence-corrected chi connectivity index (χ1v) is 8.38. The number of rotatable bonds is 7. The minimum absolute atomic E-state index is 0.378. The molecule has 0 fully saturated rings. The van der Waals surface area contributed by atoms with E-state index in [2.05, 4.69) is 67.3 Å². The van der Waals surface area contributed by atoms with Crippen molar-refractivity contribution >= 4 is 16.5 Å². The molecule has 0 saturated carbocycles. The van der Waals surface area contributed by atoms with Crippen LogP contribution in [0.4, 0.5) is 5.13 Å². The van der Waals surface area contributed by atoms with Crippen molar-refractivity contribution in [3.8, 4) is 0 Å². The molecule has 1 aromatic carbocycles. The topological polar surface area (TPSA) is 28.2 Å². The quantitative estimate of drug-likeness (QED) is 0.833. The molecule has 0 saturated heterocycles. The predicted octanol–water partition coefficient (Wildman–Crippen LogP) is 4.15. The first-order valence-electron chi connectivity index (χ1n) is 7.56. The maximum atomic E-state index is 4.58. The molecule has 0 aliphatic carbocycles. The van der Waals surface area contributed by atoms with Crippen molar-refractivity contribution < 1.29 is 0 Å². The van der Waals surface area contributed by atoms with Crippen molar-refractivity contribution in [1.82, 2.24) is 10.3 Å². The fraction of sp³-hybridized carbons (Fsp3) is 0.471. The molecule has 1 N–H and O–H groups in total. The predicted molar refractivity (Wildman–Crippen MR) is 92.1 cm³/mol. The number of nitrogens with zero attached hydrogens (tertiary/aromatic N) is 2. The number of aromatic nitrogens is 1. The fourth-order valence-electron chi connectivity index (χ4n) is 2.23. The van der Waals surface area contributed by atoms with Crippen molar-refractivity contribution in [1.29, 1.82) is 0 Å². The van der Waals surface area contributed by atoms with E-state index in [1.165, 1.54) is 16.0 Å². The molecule has 1 unspecified atom stereocenters. The van der Waals surface area contributed by atoms with Gasteiger partial charge in [0.2, 0.25) is 0 Å². The minimum Gasteiger partial charge on any atom is -0.347 e. The molecule has 0 aliphatic rings. The Morgan fingerprint density at radius 1 is 1.33 bits per heavy atom. The van der Waals surface area contributed by atoms with Gasteiger partial charge in [0.1, 0.15) is 0 Å². The largest absolute Gasteiger partial charge is 0.347 e. The zero-order valence-electron chi connectivity index (χ0n) is 13.4. The summed E-state index contributed by atoms with van der Waals surface area (Å²) >= 11 is 1.78. The van der Waals surface area contributed by atoms with Crippen LogP contribution in [0.3, 0.4) is 0 Å². The second kappa shape index (κ2) is 7.57. The molecule has 1 heterocycles. The van der Waals surface area contributed by atoms with Gasteiger partial charge < -0.3 is 10.2 Å². The molecule has 0 radical (unpaired) electrons. The summed E-state index contributed by atoms with van der Waals surface area (Å²) in [6, 6.07) is 8.91. The Kier molecular flexibility index (Phi) is 5.76. The SMILES string of the molecule is CCCNC(C)c1cnc(N(C)Cc2ccccc2C)s1. The van der Waals surface area contributed by atoms with Crippen LogP contribution >= 0.6 is 11.3 Å².